The van der Waals surface area contributed by atoms with Crippen LogP contribution in [-0.4, -0.2) is 21.6 Å². The maximum Gasteiger partial charge on any atom is 0.260 e. The van der Waals surface area contributed by atoms with Gasteiger partial charge in [0.2, 0.25) is 5.95 Å². The van der Waals surface area contributed by atoms with E-state index in [0.29, 0.717) is 5.95 Å². The lowest BCUT2D eigenvalue weighted by molar-refractivity contribution is 0.354. The number of hydrogen-bond acceptors (Lipinski definition) is 4. The highest BCUT2D eigenvalue weighted by atomic mass is 16.1. The maximum atomic E-state index is 13.3. The molecule has 138 valence electrons. The summed E-state index contributed by atoms with van der Waals surface area (Å²) in [5.74, 6) is 0.554. The van der Waals surface area contributed by atoms with E-state index in [2.05, 4.69) is 15.3 Å². The predicted octanol–water partition coefficient (Wildman–Crippen LogP) is 4.83. The topological polar surface area (TPSA) is 59.8 Å². The molecule has 0 saturated heterocycles. The van der Waals surface area contributed by atoms with Gasteiger partial charge in [0.25, 0.3) is 5.56 Å². The molecule has 5 nitrogen and oxygen atoms in total. The number of aryl methyl sites for hydroxylation is 1. The SMILES string of the molecule is CC.CNc1ncc2c3ccc(C)cc3c(=O)n(C3CCCCC3)c2n1. The number of nitrogens with one attached hydrogen (secondary N) is 1. The Morgan fingerprint density at radius 2 is 1.81 bits per heavy atom. The number of rotatable bonds is 2. The van der Waals surface area contributed by atoms with E-state index in [9.17, 15) is 4.79 Å². The first kappa shape index (κ1) is 18.4. The zero-order valence-electron chi connectivity index (χ0n) is 16.2. The molecule has 0 aliphatic heterocycles. The van der Waals surface area contributed by atoms with E-state index in [1.165, 1.54) is 19.3 Å². The van der Waals surface area contributed by atoms with Crippen LogP contribution in [-0.2, 0) is 0 Å². The molecule has 0 radical (unpaired) electrons. The van der Waals surface area contributed by atoms with E-state index in [1.54, 1.807) is 7.05 Å². The van der Waals surface area contributed by atoms with E-state index >= 15 is 0 Å². The number of fused-ring (bicyclic) bond motifs is 3. The molecule has 0 unspecified atom stereocenters. The van der Waals surface area contributed by atoms with Crippen LogP contribution in [0, 0.1) is 6.92 Å². The number of hydrogen-bond donors (Lipinski definition) is 1. The normalized spacial score (nSPS) is 14.9. The molecule has 1 aromatic carbocycles. The largest absolute Gasteiger partial charge is 0.357 e. The molecule has 5 heteroatoms. The van der Waals surface area contributed by atoms with Gasteiger partial charge in [-0.05, 0) is 31.2 Å². The zero-order chi connectivity index (χ0) is 18.7. The standard InChI is InChI=1S/C19H22N4O.C2H6/c1-12-8-9-14-15(10-12)18(24)23(13-6-4-3-5-7-13)17-16(14)11-21-19(20-2)22-17;1-2/h8-11,13H,3-7H2,1-2H3,(H,20,21,22);1-2H3. The first-order valence-corrected chi connectivity index (χ1v) is 9.68. The molecule has 1 saturated carbocycles. The van der Waals surface area contributed by atoms with Gasteiger partial charge in [-0.1, -0.05) is 50.8 Å². The van der Waals surface area contributed by atoms with Gasteiger partial charge in [-0.25, -0.2) is 4.98 Å². The lowest BCUT2D eigenvalue weighted by atomic mass is 9.94. The minimum Gasteiger partial charge on any atom is -0.357 e. The van der Waals surface area contributed by atoms with Crippen LogP contribution in [0.2, 0.25) is 0 Å². The third-order valence-electron chi connectivity index (χ3n) is 5.07. The van der Waals surface area contributed by atoms with Gasteiger partial charge in [0.05, 0.1) is 0 Å². The van der Waals surface area contributed by atoms with Crippen LogP contribution in [0.15, 0.2) is 29.2 Å². The molecule has 2 aromatic heterocycles. The lowest BCUT2D eigenvalue weighted by Gasteiger charge is -2.25. The highest BCUT2D eigenvalue weighted by molar-refractivity contribution is 6.04. The highest BCUT2D eigenvalue weighted by Crippen LogP contribution is 2.31. The molecule has 0 amide bonds. The van der Waals surface area contributed by atoms with Crippen LogP contribution in [0.3, 0.4) is 0 Å². The van der Waals surface area contributed by atoms with Crippen LogP contribution in [0.5, 0.6) is 0 Å². The van der Waals surface area contributed by atoms with Gasteiger partial charge in [0, 0.05) is 30.1 Å². The third-order valence-corrected chi connectivity index (χ3v) is 5.07. The molecule has 2 heterocycles. The lowest BCUT2D eigenvalue weighted by Crippen LogP contribution is -2.28. The minimum absolute atomic E-state index is 0.0776. The summed E-state index contributed by atoms with van der Waals surface area (Å²) < 4.78 is 1.93. The van der Waals surface area contributed by atoms with Crippen molar-refractivity contribution in [3.05, 3.63) is 40.3 Å². The second-order valence-electron chi connectivity index (χ2n) is 6.70. The van der Waals surface area contributed by atoms with Gasteiger partial charge in [0.1, 0.15) is 5.65 Å². The smallest absolute Gasteiger partial charge is 0.260 e. The molecule has 0 spiro atoms. The van der Waals surface area contributed by atoms with E-state index in [-0.39, 0.29) is 11.6 Å². The Hall–Kier alpha value is -2.43. The monoisotopic (exact) mass is 352 g/mol. The van der Waals surface area contributed by atoms with E-state index in [1.807, 2.05) is 49.7 Å². The van der Waals surface area contributed by atoms with Gasteiger partial charge in [-0.2, -0.15) is 4.98 Å². The maximum absolute atomic E-state index is 13.3. The third kappa shape index (κ3) is 3.18. The predicted molar refractivity (Wildman–Crippen MR) is 109 cm³/mol. The average Bonchev–Trinajstić information content (AvgIpc) is 2.70. The molecule has 1 N–H and O–H groups in total. The van der Waals surface area contributed by atoms with Gasteiger partial charge < -0.3 is 5.32 Å². The van der Waals surface area contributed by atoms with Crippen LogP contribution in [0.4, 0.5) is 5.95 Å². The first-order valence-electron chi connectivity index (χ1n) is 9.68. The fourth-order valence-electron chi connectivity index (χ4n) is 3.84. The van der Waals surface area contributed by atoms with Crippen LogP contribution >= 0.6 is 0 Å². The van der Waals surface area contributed by atoms with Crippen molar-refractivity contribution < 1.29 is 0 Å². The molecule has 1 fully saturated rings. The van der Waals surface area contributed by atoms with Crippen molar-refractivity contribution in [2.75, 3.05) is 12.4 Å². The van der Waals surface area contributed by atoms with Gasteiger partial charge in [0.15, 0.2) is 0 Å². The Kier molecular flexibility index (Phi) is 5.55. The summed E-state index contributed by atoms with van der Waals surface area (Å²) in [4.78, 5) is 22.3. The van der Waals surface area contributed by atoms with Crippen molar-refractivity contribution in [1.29, 1.82) is 0 Å². The quantitative estimate of drug-likeness (QED) is 0.671. The van der Waals surface area contributed by atoms with Crippen LogP contribution < -0.4 is 10.9 Å². The first-order chi connectivity index (χ1) is 12.7. The second kappa shape index (κ2) is 7.85. The summed E-state index contributed by atoms with van der Waals surface area (Å²) >= 11 is 0. The van der Waals surface area contributed by atoms with Crippen LogP contribution in [0.25, 0.3) is 21.8 Å². The Morgan fingerprint density at radius 1 is 1.08 bits per heavy atom. The van der Waals surface area contributed by atoms with Gasteiger partial charge >= 0.3 is 0 Å². The second-order valence-corrected chi connectivity index (χ2v) is 6.70. The van der Waals surface area contributed by atoms with Crippen molar-refractivity contribution in [2.24, 2.45) is 0 Å². The number of aromatic nitrogens is 3. The molecule has 3 aromatic rings. The van der Waals surface area contributed by atoms with Crippen LogP contribution in [0.1, 0.15) is 57.6 Å². The Labute approximate surface area is 154 Å². The van der Waals surface area contributed by atoms with E-state index in [0.717, 1.165) is 40.2 Å². The molecule has 0 atom stereocenters. The molecular weight excluding hydrogens is 324 g/mol. The van der Waals surface area contributed by atoms with Crippen molar-refractivity contribution in [2.45, 2.75) is 58.9 Å². The molecule has 1 aliphatic carbocycles. The summed E-state index contributed by atoms with van der Waals surface area (Å²) in [6.45, 7) is 6.02. The molecule has 0 bridgehead atoms. The summed E-state index contributed by atoms with van der Waals surface area (Å²) in [6.07, 6.45) is 7.54. The minimum atomic E-state index is 0.0776. The van der Waals surface area contributed by atoms with E-state index < -0.39 is 0 Å². The molecule has 26 heavy (non-hydrogen) atoms. The average molecular weight is 352 g/mol. The van der Waals surface area contributed by atoms with Crippen molar-refractivity contribution in [1.82, 2.24) is 14.5 Å². The van der Waals surface area contributed by atoms with Crippen molar-refractivity contribution >= 4 is 27.8 Å². The van der Waals surface area contributed by atoms with Gasteiger partial charge in [-0.15, -0.1) is 0 Å². The Morgan fingerprint density at radius 3 is 2.50 bits per heavy atom. The zero-order valence-corrected chi connectivity index (χ0v) is 16.2. The summed E-state index contributed by atoms with van der Waals surface area (Å²) in [5, 5.41) is 5.65. The number of pyridine rings is 1. The molecule has 4 rings (SSSR count). The van der Waals surface area contributed by atoms with Crippen molar-refractivity contribution in [3.63, 3.8) is 0 Å². The fourth-order valence-corrected chi connectivity index (χ4v) is 3.84. The summed E-state index contributed by atoms with van der Waals surface area (Å²) in [7, 11) is 1.80. The number of nitrogens with zero attached hydrogens (tertiary/aromatic N) is 3. The summed E-state index contributed by atoms with van der Waals surface area (Å²) in [6, 6.07) is 6.28. The Balaban J connectivity index is 0.000000948. The van der Waals surface area contributed by atoms with Crippen molar-refractivity contribution in [3.8, 4) is 0 Å². The number of anilines is 1. The number of benzene rings is 1. The molecule has 1 aliphatic rings. The highest BCUT2D eigenvalue weighted by Gasteiger charge is 2.22. The Bertz CT molecular complexity index is 971. The summed E-state index contributed by atoms with van der Waals surface area (Å²) in [5.41, 5.74) is 1.93. The van der Waals surface area contributed by atoms with Gasteiger partial charge in [-0.3, -0.25) is 9.36 Å². The molecular formula is C21H28N4O. The van der Waals surface area contributed by atoms with E-state index in [4.69, 9.17) is 0 Å². The fraction of sp³-hybridized carbons (Fsp3) is 0.476.